The lowest BCUT2D eigenvalue weighted by Crippen LogP contribution is -2.53. The van der Waals surface area contributed by atoms with Crippen molar-refractivity contribution in [2.45, 2.75) is 52.2 Å². The predicted octanol–water partition coefficient (Wildman–Crippen LogP) is 4.59. The van der Waals surface area contributed by atoms with Gasteiger partial charge in [0.15, 0.2) is 0 Å². The quantitative estimate of drug-likeness (QED) is 0.427. The van der Waals surface area contributed by atoms with E-state index < -0.39 is 28.5 Å². The van der Waals surface area contributed by atoms with E-state index in [1.54, 1.807) is 48.5 Å². The summed E-state index contributed by atoms with van der Waals surface area (Å²) >= 11 is 9.37. The standard InChI is InChI=1S/C24H31BrClN3O4S/c1-5-17(3)27-24(31)21(6-2)28(15-18-11-13-19(26)14-12-18)23(30)16-29(34(4,32)33)22-10-8-7-9-20(22)25/h7-14,17,21H,5-6,15-16H2,1-4H3,(H,27,31). The molecular formula is C24H31BrClN3O4S. The number of rotatable bonds is 11. The smallest absolute Gasteiger partial charge is 0.244 e. The van der Waals surface area contributed by atoms with Crippen LogP contribution in [-0.2, 0) is 26.2 Å². The van der Waals surface area contributed by atoms with Crippen LogP contribution in [0.15, 0.2) is 53.0 Å². The zero-order valence-electron chi connectivity index (χ0n) is 19.8. The van der Waals surface area contributed by atoms with Crippen LogP contribution < -0.4 is 9.62 Å². The van der Waals surface area contributed by atoms with E-state index in [0.717, 1.165) is 22.5 Å². The summed E-state index contributed by atoms with van der Waals surface area (Å²) in [5.41, 5.74) is 1.13. The number of hydrogen-bond acceptors (Lipinski definition) is 4. The average molecular weight is 573 g/mol. The highest BCUT2D eigenvalue weighted by Crippen LogP contribution is 2.28. The Morgan fingerprint density at radius 1 is 1.06 bits per heavy atom. The van der Waals surface area contributed by atoms with Gasteiger partial charge in [0, 0.05) is 22.1 Å². The molecule has 2 amide bonds. The van der Waals surface area contributed by atoms with Crippen LogP contribution in [0.4, 0.5) is 5.69 Å². The molecule has 0 spiro atoms. The maximum atomic E-state index is 13.6. The van der Waals surface area contributed by atoms with Gasteiger partial charge >= 0.3 is 0 Å². The topological polar surface area (TPSA) is 86.8 Å². The predicted molar refractivity (Wildman–Crippen MR) is 140 cm³/mol. The van der Waals surface area contributed by atoms with Crippen LogP contribution in [0.25, 0.3) is 0 Å². The van der Waals surface area contributed by atoms with E-state index in [1.807, 2.05) is 20.8 Å². The van der Waals surface area contributed by atoms with Crippen molar-refractivity contribution in [3.63, 3.8) is 0 Å². The molecular weight excluding hydrogens is 542 g/mol. The van der Waals surface area contributed by atoms with Crippen LogP contribution in [-0.4, -0.2) is 50.0 Å². The first-order chi connectivity index (χ1) is 16.0. The van der Waals surface area contributed by atoms with Gasteiger partial charge in [-0.1, -0.05) is 49.7 Å². The van der Waals surface area contributed by atoms with Crippen molar-refractivity contribution in [2.75, 3.05) is 17.1 Å². The fourth-order valence-electron chi connectivity index (χ4n) is 3.40. The molecule has 2 aromatic carbocycles. The number of carbonyl (C=O) groups is 2. The lowest BCUT2D eigenvalue weighted by molar-refractivity contribution is -0.140. The molecule has 7 nitrogen and oxygen atoms in total. The lowest BCUT2D eigenvalue weighted by atomic mass is 10.1. The molecule has 2 rings (SSSR count). The molecule has 0 radical (unpaired) electrons. The molecule has 10 heteroatoms. The third-order valence-electron chi connectivity index (χ3n) is 5.45. The summed E-state index contributed by atoms with van der Waals surface area (Å²) < 4.78 is 26.9. The lowest BCUT2D eigenvalue weighted by Gasteiger charge is -2.33. The van der Waals surface area contributed by atoms with Crippen molar-refractivity contribution < 1.29 is 18.0 Å². The van der Waals surface area contributed by atoms with Gasteiger partial charge in [-0.2, -0.15) is 0 Å². The highest BCUT2D eigenvalue weighted by Gasteiger charge is 2.32. The van der Waals surface area contributed by atoms with Gasteiger partial charge in [-0.3, -0.25) is 13.9 Å². The highest BCUT2D eigenvalue weighted by molar-refractivity contribution is 9.10. The summed E-state index contributed by atoms with van der Waals surface area (Å²) in [5, 5.41) is 3.50. The van der Waals surface area contributed by atoms with Gasteiger partial charge in [0.05, 0.1) is 11.9 Å². The fraction of sp³-hybridized carbons (Fsp3) is 0.417. The number of amides is 2. The first kappa shape index (κ1) is 28.1. The van der Waals surface area contributed by atoms with E-state index in [0.29, 0.717) is 21.6 Å². The third kappa shape index (κ3) is 7.71. The number of para-hydroxylation sites is 1. The van der Waals surface area contributed by atoms with Crippen molar-refractivity contribution in [2.24, 2.45) is 0 Å². The Morgan fingerprint density at radius 2 is 1.68 bits per heavy atom. The van der Waals surface area contributed by atoms with Gasteiger partial charge in [-0.15, -0.1) is 0 Å². The minimum Gasteiger partial charge on any atom is -0.352 e. The second-order valence-electron chi connectivity index (χ2n) is 8.11. The van der Waals surface area contributed by atoms with E-state index in [2.05, 4.69) is 21.2 Å². The van der Waals surface area contributed by atoms with Crippen LogP contribution in [0.3, 0.4) is 0 Å². The number of nitrogens with one attached hydrogen (secondary N) is 1. The largest absolute Gasteiger partial charge is 0.352 e. The zero-order chi connectivity index (χ0) is 25.5. The Bertz CT molecular complexity index is 1100. The summed E-state index contributed by atoms with van der Waals surface area (Å²) in [5.74, 6) is -0.756. The summed E-state index contributed by atoms with van der Waals surface area (Å²) in [6, 6.07) is 12.9. The number of nitrogens with zero attached hydrogens (tertiary/aromatic N) is 2. The molecule has 0 aliphatic heterocycles. The van der Waals surface area contributed by atoms with Crippen LogP contribution in [0.5, 0.6) is 0 Å². The molecule has 2 aromatic rings. The Hall–Kier alpha value is -2.10. The number of anilines is 1. The molecule has 34 heavy (non-hydrogen) atoms. The SMILES string of the molecule is CCC(C)NC(=O)C(CC)N(Cc1ccc(Cl)cc1)C(=O)CN(c1ccccc1Br)S(C)(=O)=O. The maximum Gasteiger partial charge on any atom is 0.244 e. The molecule has 0 saturated heterocycles. The van der Waals surface area contributed by atoms with Crippen molar-refractivity contribution in [3.8, 4) is 0 Å². The van der Waals surface area contributed by atoms with Gasteiger partial charge in [0.2, 0.25) is 21.8 Å². The number of sulfonamides is 1. The Morgan fingerprint density at radius 3 is 2.21 bits per heavy atom. The average Bonchev–Trinajstić information content (AvgIpc) is 2.78. The molecule has 2 unspecified atom stereocenters. The normalized spacial score (nSPS) is 13.1. The molecule has 0 saturated carbocycles. The summed E-state index contributed by atoms with van der Waals surface area (Å²) in [6.07, 6.45) is 2.17. The number of halogens is 2. The van der Waals surface area contributed by atoms with Crippen molar-refractivity contribution in [3.05, 3.63) is 63.6 Å². The van der Waals surface area contributed by atoms with Crippen LogP contribution in [0, 0.1) is 0 Å². The summed E-state index contributed by atoms with van der Waals surface area (Å²) in [6.45, 7) is 5.38. The molecule has 0 fully saturated rings. The summed E-state index contributed by atoms with van der Waals surface area (Å²) in [4.78, 5) is 28.1. The molecule has 2 atom stereocenters. The van der Waals surface area contributed by atoms with Gasteiger partial charge in [-0.05, 0) is 65.5 Å². The van der Waals surface area contributed by atoms with Gasteiger partial charge in [0.25, 0.3) is 0 Å². The molecule has 0 aliphatic carbocycles. The van der Waals surface area contributed by atoms with Crippen molar-refractivity contribution in [1.82, 2.24) is 10.2 Å². The second kappa shape index (κ2) is 12.6. The highest BCUT2D eigenvalue weighted by atomic mass is 79.9. The summed E-state index contributed by atoms with van der Waals surface area (Å²) in [7, 11) is -3.79. The first-order valence-electron chi connectivity index (χ1n) is 11.0. The number of benzene rings is 2. The zero-order valence-corrected chi connectivity index (χ0v) is 23.0. The van der Waals surface area contributed by atoms with Gasteiger partial charge < -0.3 is 10.2 Å². The second-order valence-corrected chi connectivity index (χ2v) is 11.3. The Balaban J connectivity index is 2.44. The van der Waals surface area contributed by atoms with Crippen LogP contribution in [0.1, 0.15) is 39.2 Å². The first-order valence-corrected chi connectivity index (χ1v) is 14.1. The van der Waals surface area contributed by atoms with E-state index in [9.17, 15) is 18.0 Å². The number of hydrogen-bond donors (Lipinski definition) is 1. The molecule has 0 aromatic heterocycles. The Kier molecular flexibility index (Phi) is 10.4. The minimum absolute atomic E-state index is 0.0539. The molecule has 0 heterocycles. The van der Waals surface area contributed by atoms with Gasteiger partial charge in [0.1, 0.15) is 12.6 Å². The van der Waals surface area contributed by atoms with Crippen LogP contribution >= 0.6 is 27.5 Å². The number of carbonyl (C=O) groups excluding carboxylic acids is 2. The monoisotopic (exact) mass is 571 g/mol. The fourth-order valence-corrected chi connectivity index (χ4v) is 5.00. The van der Waals surface area contributed by atoms with E-state index in [1.165, 1.54) is 4.90 Å². The van der Waals surface area contributed by atoms with Crippen LogP contribution in [0.2, 0.25) is 5.02 Å². The maximum absolute atomic E-state index is 13.6. The van der Waals surface area contributed by atoms with E-state index in [-0.39, 0.29) is 18.5 Å². The molecule has 1 N–H and O–H groups in total. The van der Waals surface area contributed by atoms with Crippen molar-refractivity contribution in [1.29, 1.82) is 0 Å². The Labute approximate surface area is 215 Å². The van der Waals surface area contributed by atoms with Crippen molar-refractivity contribution >= 4 is 55.1 Å². The van der Waals surface area contributed by atoms with E-state index >= 15 is 0 Å². The molecule has 186 valence electrons. The van der Waals surface area contributed by atoms with E-state index in [4.69, 9.17) is 11.6 Å². The van der Waals surface area contributed by atoms with Gasteiger partial charge in [-0.25, -0.2) is 8.42 Å². The third-order valence-corrected chi connectivity index (χ3v) is 7.50. The molecule has 0 bridgehead atoms. The molecule has 0 aliphatic rings. The minimum atomic E-state index is -3.79.